The molecule has 0 unspecified atom stereocenters. The highest BCUT2D eigenvalue weighted by atomic mass is 16.6. The van der Waals surface area contributed by atoms with Gasteiger partial charge in [-0.25, -0.2) is 0 Å². The molecule has 1 aromatic rings. The number of hydrogen-bond acceptors (Lipinski definition) is 4. The summed E-state index contributed by atoms with van der Waals surface area (Å²) in [4.78, 5) is 22.1. The zero-order chi connectivity index (χ0) is 13.1. The van der Waals surface area contributed by atoms with Gasteiger partial charge in [0, 0.05) is 12.0 Å². The molecule has 0 bridgehead atoms. The molecule has 1 aliphatic rings. The summed E-state index contributed by atoms with van der Waals surface area (Å²) < 4.78 is 0. The molecule has 18 heavy (non-hydrogen) atoms. The number of amides is 1. The molecule has 1 amide bonds. The first-order chi connectivity index (χ1) is 8.59. The lowest BCUT2D eigenvalue weighted by Gasteiger charge is -2.11. The van der Waals surface area contributed by atoms with E-state index in [1.807, 2.05) is 0 Å². The molecule has 1 fully saturated rings. The predicted molar refractivity (Wildman–Crippen MR) is 65.3 cm³/mol. The third-order valence-corrected chi connectivity index (χ3v) is 3.19. The third-order valence-electron chi connectivity index (χ3n) is 3.19. The number of hydrogen-bond donors (Lipinski definition) is 2. The topological polar surface area (TPSA) is 92.5 Å². The quantitative estimate of drug-likeness (QED) is 0.489. The van der Waals surface area contributed by atoms with Gasteiger partial charge >= 0.3 is 0 Å². The molecule has 96 valence electrons. The lowest BCUT2D eigenvalue weighted by Crippen LogP contribution is -2.20. The van der Waals surface area contributed by atoms with Gasteiger partial charge in [-0.15, -0.1) is 0 Å². The average molecular weight is 250 g/mol. The Morgan fingerprint density at radius 3 is 2.67 bits per heavy atom. The summed E-state index contributed by atoms with van der Waals surface area (Å²) in [6.45, 7) is 0. The van der Waals surface area contributed by atoms with Crippen molar-refractivity contribution in [1.82, 2.24) is 0 Å². The third kappa shape index (κ3) is 2.42. The van der Waals surface area contributed by atoms with Gasteiger partial charge in [0.05, 0.1) is 4.92 Å². The van der Waals surface area contributed by atoms with Crippen LogP contribution in [0.4, 0.5) is 11.4 Å². The second-order valence-electron chi connectivity index (χ2n) is 4.40. The maximum absolute atomic E-state index is 11.9. The molecule has 2 N–H and O–H groups in total. The van der Waals surface area contributed by atoms with Crippen LogP contribution in [-0.2, 0) is 4.79 Å². The Morgan fingerprint density at radius 1 is 1.39 bits per heavy atom. The molecule has 0 radical (unpaired) electrons. The van der Waals surface area contributed by atoms with Gasteiger partial charge in [0.1, 0.15) is 5.75 Å². The Bertz CT molecular complexity index is 481. The van der Waals surface area contributed by atoms with Crippen LogP contribution >= 0.6 is 0 Å². The Morgan fingerprint density at radius 2 is 2.06 bits per heavy atom. The first-order valence-corrected chi connectivity index (χ1v) is 5.87. The van der Waals surface area contributed by atoms with Crippen LogP contribution in [-0.4, -0.2) is 15.9 Å². The molecule has 2 rings (SSSR count). The van der Waals surface area contributed by atoms with E-state index in [0.717, 1.165) is 25.7 Å². The van der Waals surface area contributed by atoms with Crippen LogP contribution in [0.5, 0.6) is 5.75 Å². The van der Waals surface area contributed by atoms with Gasteiger partial charge in [-0.2, -0.15) is 0 Å². The fraction of sp³-hybridized carbons (Fsp3) is 0.417. The summed E-state index contributed by atoms with van der Waals surface area (Å²) in [6.07, 6.45) is 3.60. The van der Waals surface area contributed by atoms with Crippen molar-refractivity contribution in [2.24, 2.45) is 5.92 Å². The summed E-state index contributed by atoms with van der Waals surface area (Å²) in [5, 5.41) is 22.9. The Hall–Kier alpha value is -2.11. The molecular formula is C12H14N2O4. The number of carbonyl (C=O) groups is 1. The molecular weight excluding hydrogens is 236 g/mol. The number of nitro groups is 1. The average Bonchev–Trinajstić information content (AvgIpc) is 2.85. The second-order valence-corrected chi connectivity index (χ2v) is 4.40. The first kappa shape index (κ1) is 12.3. The molecule has 0 heterocycles. The van der Waals surface area contributed by atoms with Crippen molar-refractivity contribution in [3.63, 3.8) is 0 Å². The number of benzene rings is 1. The predicted octanol–water partition coefficient (Wildman–Crippen LogP) is 2.43. The van der Waals surface area contributed by atoms with Crippen molar-refractivity contribution < 1.29 is 14.8 Å². The summed E-state index contributed by atoms with van der Waals surface area (Å²) in [6, 6.07) is 3.94. The van der Waals surface area contributed by atoms with Crippen LogP contribution in [0.2, 0.25) is 0 Å². The number of nitrogens with zero attached hydrogens (tertiary/aromatic N) is 1. The number of para-hydroxylation sites is 1. The van der Waals surface area contributed by atoms with Gasteiger partial charge < -0.3 is 10.4 Å². The monoisotopic (exact) mass is 250 g/mol. The lowest BCUT2D eigenvalue weighted by molar-refractivity contribution is -0.384. The summed E-state index contributed by atoms with van der Waals surface area (Å²) in [7, 11) is 0. The smallest absolute Gasteiger partial charge is 0.296 e. The Labute approximate surface area is 104 Å². The Balaban J connectivity index is 2.22. The van der Waals surface area contributed by atoms with Crippen molar-refractivity contribution in [2.75, 3.05) is 5.32 Å². The van der Waals surface area contributed by atoms with Crippen molar-refractivity contribution in [3.05, 3.63) is 28.3 Å². The molecule has 0 spiro atoms. The number of aromatic hydroxyl groups is 1. The van der Waals surface area contributed by atoms with Crippen LogP contribution < -0.4 is 5.32 Å². The van der Waals surface area contributed by atoms with E-state index >= 15 is 0 Å². The zero-order valence-electron chi connectivity index (χ0n) is 9.76. The molecule has 6 heteroatoms. The number of rotatable bonds is 3. The zero-order valence-corrected chi connectivity index (χ0v) is 9.76. The highest BCUT2D eigenvalue weighted by molar-refractivity contribution is 5.96. The van der Waals surface area contributed by atoms with E-state index in [0.29, 0.717) is 0 Å². The van der Waals surface area contributed by atoms with E-state index in [-0.39, 0.29) is 28.9 Å². The van der Waals surface area contributed by atoms with E-state index in [1.165, 1.54) is 18.2 Å². The lowest BCUT2D eigenvalue weighted by atomic mass is 10.1. The van der Waals surface area contributed by atoms with E-state index in [1.54, 1.807) is 0 Å². The normalized spacial score (nSPS) is 15.6. The van der Waals surface area contributed by atoms with E-state index in [2.05, 4.69) is 5.32 Å². The van der Waals surface area contributed by atoms with E-state index in [9.17, 15) is 20.0 Å². The summed E-state index contributed by atoms with van der Waals surface area (Å²) in [5.74, 6) is -0.642. The highest BCUT2D eigenvalue weighted by Crippen LogP contribution is 2.34. The maximum atomic E-state index is 11.9. The number of nitrogens with one attached hydrogen (secondary N) is 1. The molecule has 1 aromatic carbocycles. The van der Waals surface area contributed by atoms with Gasteiger partial charge in [0.2, 0.25) is 5.91 Å². The molecule has 6 nitrogen and oxygen atoms in total. The molecule has 1 saturated carbocycles. The number of carbonyl (C=O) groups excluding carboxylic acids is 1. The molecule has 0 atom stereocenters. The van der Waals surface area contributed by atoms with Gasteiger partial charge in [-0.1, -0.05) is 18.9 Å². The van der Waals surface area contributed by atoms with Gasteiger partial charge in [0.15, 0.2) is 5.69 Å². The second kappa shape index (κ2) is 5.03. The van der Waals surface area contributed by atoms with Crippen LogP contribution in [0, 0.1) is 16.0 Å². The van der Waals surface area contributed by atoms with Crippen LogP contribution in [0.1, 0.15) is 25.7 Å². The molecule has 1 aliphatic carbocycles. The summed E-state index contributed by atoms with van der Waals surface area (Å²) in [5.41, 5.74) is -0.402. The largest absolute Gasteiger partial charge is 0.505 e. The van der Waals surface area contributed by atoms with Crippen molar-refractivity contribution >= 4 is 17.3 Å². The Kier molecular flexibility index (Phi) is 3.45. The minimum absolute atomic E-state index is 0.107. The number of nitro benzene ring substituents is 1. The fourth-order valence-electron chi connectivity index (χ4n) is 2.22. The number of phenols is 1. The number of phenolic OH excluding ortho intramolecular Hbond substituents is 1. The molecule has 0 aliphatic heterocycles. The minimum Gasteiger partial charge on any atom is -0.505 e. The van der Waals surface area contributed by atoms with Crippen molar-refractivity contribution in [2.45, 2.75) is 25.7 Å². The minimum atomic E-state index is -0.621. The van der Waals surface area contributed by atoms with Gasteiger partial charge in [-0.05, 0) is 18.9 Å². The van der Waals surface area contributed by atoms with Crippen LogP contribution in [0.25, 0.3) is 0 Å². The maximum Gasteiger partial charge on any atom is 0.296 e. The van der Waals surface area contributed by atoms with E-state index in [4.69, 9.17) is 0 Å². The van der Waals surface area contributed by atoms with Crippen LogP contribution in [0.3, 0.4) is 0 Å². The van der Waals surface area contributed by atoms with E-state index < -0.39 is 4.92 Å². The SMILES string of the molecule is O=C(Nc1c(O)cccc1[N+](=O)[O-])C1CCCC1. The van der Waals surface area contributed by atoms with Crippen molar-refractivity contribution in [1.29, 1.82) is 0 Å². The van der Waals surface area contributed by atoms with Gasteiger partial charge in [0.25, 0.3) is 5.69 Å². The van der Waals surface area contributed by atoms with Gasteiger partial charge in [-0.3, -0.25) is 14.9 Å². The first-order valence-electron chi connectivity index (χ1n) is 5.87. The standard InChI is InChI=1S/C12H14N2O4/c15-10-7-3-6-9(14(17)18)11(10)13-12(16)8-4-1-2-5-8/h3,6-8,15H,1-2,4-5H2,(H,13,16). The van der Waals surface area contributed by atoms with Crippen molar-refractivity contribution in [3.8, 4) is 5.75 Å². The summed E-state index contributed by atoms with van der Waals surface area (Å²) >= 11 is 0. The molecule has 0 aromatic heterocycles. The van der Waals surface area contributed by atoms with Crippen LogP contribution in [0.15, 0.2) is 18.2 Å². The highest BCUT2D eigenvalue weighted by Gasteiger charge is 2.26. The molecule has 0 saturated heterocycles. The number of anilines is 1. The fourth-order valence-corrected chi connectivity index (χ4v) is 2.22.